The molecule has 0 saturated heterocycles. The first-order valence-corrected chi connectivity index (χ1v) is 12.2. The third-order valence-corrected chi connectivity index (χ3v) is 5.86. The van der Waals surface area contributed by atoms with Gasteiger partial charge in [0.2, 0.25) is 0 Å². The fourth-order valence-electron chi connectivity index (χ4n) is 3.58. The Balaban J connectivity index is 0.000000247. The maximum absolute atomic E-state index is 13.2. The van der Waals surface area contributed by atoms with Crippen molar-refractivity contribution in [2.45, 2.75) is 14.0 Å². The van der Waals surface area contributed by atoms with Gasteiger partial charge in [-0.3, -0.25) is 4.79 Å². The Labute approximate surface area is 248 Å². The summed E-state index contributed by atoms with van der Waals surface area (Å²) in [6, 6.07) is 9.85. The molecule has 5 aromatic rings. The van der Waals surface area contributed by atoms with E-state index in [1.54, 1.807) is 12.1 Å². The molecule has 0 aliphatic carbocycles. The van der Waals surface area contributed by atoms with Crippen LogP contribution in [0.3, 0.4) is 0 Å². The van der Waals surface area contributed by atoms with Crippen LogP contribution in [-0.4, -0.2) is 74.3 Å². The molecule has 16 heteroatoms. The van der Waals surface area contributed by atoms with Crippen LogP contribution in [0.25, 0.3) is 11.3 Å². The van der Waals surface area contributed by atoms with Crippen molar-refractivity contribution in [1.82, 2.24) is 34.5 Å². The number of rotatable bonds is 6. The van der Waals surface area contributed by atoms with Gasteiger partial charge in [-0.1, -0.05) is 25.1 Å². The zero-order valence-electron chi connectivity index (χ0n) is 22.2. The third kappa shape index (κ3) is 7.08. The van der Waals surface area contributed by atoms with Gasteiger partial charge in [-0.05, 0) is 17.7 Å². The van der Waals surface area contributed by atoms with E-state index in [1.165, 1.54) is 73.1 Å². The van der Waals surface area contributed by atoms with Gasteiger partial charge in [0.05, 0.1) is 38.7 Å². The number of benzene rings is 1. The van der Waals surface area contributed by atoms with Crippen molar-refractivity contribution < 1.29 is 37.8 Å². The number of hydrogen-bond donors (Lipinski definition) is 1. The van der Waals surface area contributed by atoms with E-state index in [-0.39, 0.29) is 41.8 Å². The second-order valence-electron chi connectivity index (χ2n) is 8.16. The maximum Gasteiger partial charge on any atom is 0.356 e. The van der Waals surface area contributed by atoms with Crippen LogP contribution in [0.5, 0.6) is 0 Å². The highest BCUT2D eigenvalue weighted by Gasteiger charge is 2.19. The minimum Gasteiger partial charge on any atom is -0.464 e. The summed E-state index contributed by atoms with van der Waals surface area (Å²) in [5, 5.41) is 10.6. The summed E-state index contributed by atoms with van der Waals surface area (Å²) < 4.78 is 29.6. The number of ether oxygens (including phenoxy) is 3. The van der Waals surface area contributed by atoms with E-state index in [9.17, 15) is 23.6 Å². The minimum absolute atomic E-state index is 0. The van der Waals surface area contributed by atoms with Crippen molar-refractivity contribution in [1.29, 1.82) is 0 Å². The molecule has 5 rings (SSSR count). The number of carbonyl (C=O) groups is 4. The van der Waals surface area contributed by atoms with Gasteiger partial charge in [-0.25, -0.2) is 37.8 Å². The van der Waals surface area contributed by atoms with Crippen LogP contribution in [0.2, 0.25) is 5.02 Å². The second-order valence-corrected chi connectivity index (χ2v) is 8.57. The lowest BCUT2D eigenvalue weighted by Gasteiger charge is -2.09. The quantitative estimate of drug-likeness (QED) is 0.220. The van der Waals surface area contributed by atoms with Crippen molar-refractivity contribution in [2.75, 3.05) is 21.3 Å². The lowest BCUT2D eigenvalue weighted by molar-refractivity contribution is 0.0578. The van der Waals surface area contributed by atoms with Crippen LogP contribution in [0.4, 0.5) is 4.39 Å². The fraction of sp³-hybridized carbons (Fsp3) is 0.185. The van der Waals surface area contributed by atoms with E-state index in [1.807, 2.05) is 0 Å². The van der Waals surface area contributed by atoms with Gasteiger partial charge in [0.25, 0.3) is 5.91 Å². The van der Waals surface area contributed by atoms with Gasteiger partial charge in [0.15, 0.2) is 28.4 Å². The standard InChI is InChI=1S/C16H12ClFN4O3.C10H9N3O4.CH4/c1-25-16(24)12-7-13(22-14(21-12)4-5-20-22)15(23)19-8-9-2-3-11(18)10(17)6-9;1-16-9(14)6-5-7(10(15)17-2)13-8(12-6)3-4-11-13;/h2-7H,8H2,1H3,(H,19,23);3-5H,1-2H3;1H4. The van der Waals surface area contributed by atoms with Crippen LogP contribution in [0, 0.1) is 5.82 Å². The van der Waals surface area contributed by atoms with Crippen LogP contribution in [0.1, 0.15) is 54.9 Å². The zero-order valence-corrected chi connectivity index (χ0v) is 23.0. The number of aromatic nitrogens is 6. The number of esters is 3. The van der Waals surface area contributed by atoms with Crippen molar-refractivity contribution in [3.63, 3.8) is 0 Å². The Morgan fingerprint density at radius 3 is 1.81 bits per heavy atom. The van der Waals surface area contributed by atoms with E-state index < -0.39 is 29.6 Å². The number of nitrogens with zero attached hydrogens (tertiary/aromatic N) is 6. The van der Waals surface area contributed by atoms with E-state index in [0.717, 1.165) is 0 Å². The van der Waals surface area contributed by atoms with Gasteiger partial charge in [-0.15, -0.1) is 0 Å². The Hall–Kier alpha value is -5.44. The first-order chi connectivity index (χ1) is 20.2. The van der Waals surface area contributed by atoms with Crippen molar-refractivity contribution in [3.8, 4) is 0 Å². The monoisotopic (exact) mass is 613 g/mol. The summed E-state index contributed by atoms with van der Waals surface area (Å²) >= 11 is 5.72. The molecule has 0 aliphatic rings. The van der Waals surface area contributed by atoms with E-state index in [4.69, 9.17) is 11.6 Å². The van der Waals surface area contributed by atoms with Gasteiger partial charge >= 0.3 is 17.9 Å². The molecule has 0 bridgehead atoms. The average Bonchev–Trinajstić information content (AvgIpc) is 3.69. The molecular weight excluding hydrogens is 589 g/mol. The third-order valence-electron chi connectivity index (χ3n) is 5.57. The first-order valence-electron chi connectivity index (χ1n) is 11.8. The number of carbonyl (C=O) groups excluding carboxylic acids is 4. The number of fused-ring (bicyclic) bond motifs is 2. The van der Waals surface area contributed by atoms with Crippen LogP contribution in [-0.2, 0) is 20.8 Å². The topological polar surface area (TPSA) is 168 Å². The molecule has 0 atom stereocenters. The Bertz CT molecular complexity index is 1820. The minimum atomic E-state index is -0.664. The van der Waals surface area contributed by atoms with Gasteiger partial charge in [-0.2, -0.15) is 10.2 Å². The summed E-state index contributed by atoms with van der Waals surface area (Å²) in [6.07, 6.45) is 2.93. The molecule has 1 aromatic carbocycles. The molecule has 0 aliphatic heterocycles. The Morgan fingerprint density at radius 2 is 1.30 bits per heavy atom. The van der Waals surface area contributed by atoms with Crippen molar-refractivity contribution >= 4 is 46.7 Å². The van der Waals surface area contributed by atoms with Crippen molar-refractivity contribution in [2.24, 2.45) is 0 Å². The SMILES string of the molecule is C.COC(=O)c1cc(C(=O)NCc2ccc(F)c(Cl)c2)n2nccc2n1.COC(=O)c1cc(C(=O)OC)n2nccc2n1. The molecule has 4 aromatic heterocycles. The summed E-state index contributed by atoms with van der Waals surface area (Å²) in [6.45, 7) is 0.122. The van der Waals surface area contributed by atoms with Gasteiger partial charge < -0.3 is 19.5 Å². The zero-order chi connectivity index (χ0) is 30.4. The maximum atomic E-state index is 13.2. The molecule has 0 saturated carbocycles. The number of amides is 1. The molecular formula is C27H25ClFN7O7. The molecule has 4 heterocycles. The summed E-state index contributed by atoms with van der Waals surface area (Å²) in [5.74, 6) is -2.92. The van der Waals surface area contributed by atoms with E-state index in [2.05, 4.69) is 39.7 Å². The Morgan fingerprint density at radius 1 is 0.791 bits per heavy atom. The predicted molar refractivity (Wildman–Crippen MR) is 149 cm³/mol. The number of methoxy groups -OCH3 is 3. The fourth-order valence-corrected chi connectivity index (χ4v) is 3.78. The Kier molecular flexibility index (Phi) is 10.4. The summed E-state index contributed by atoms with van der Waals surface area (Å²) in [5.41, 5.74) is 1.57. The first kappa shape index (κ1) is 32.1. The molecule has 0 unspecified atom stereocenters. The van der Waals surface area contributed by atoms with Crippen LogP contribution in [0.15, 0.2) is 54.9 Å². The van der Waals surface area contributed by atoms with Crippen LogP contribution < -0.4 is 5.32 Å². The molecule has 1 amide bonds. The summed E-state index contributed by atoms with van der Waals surface area (Å²) in [7, 11) is 3.71. The average molecular weight is 614 g/mol. The molecule has 0 spiro atoms. The number of hydrogen-bond acceptors (Lipinski definition) is 11. The van der Waals surface area contributed by atoms with Gasteiger partial charge in [0, 0.05) is 30.8 Å². The van der Waals surface area contributed by atoms with Crippen molar-refractivity contribution in [3.05, 3.63) is 94.0 Å². The molecule has 0 fully saturated rings. The van der Waals surface area contributed by atoms with E-state index >= 15 is 0 Å². The molecule has 1 N–H and O–H groups in total. The number of halogens is 2. The predicted octanol–water partition coefficient (Wildman–Crippen LogP) is 3.18. The second kappa shape index (κ2) is 14.0. The highest BCUT2D eigenvalue weighted by atomic mass is 35.5. The highest BCUT2D eigenvalue weighted by Crippen LogP contribution is 2.16. The molecule has 43 heavy (non-hydrogen) atoms. The van der Waals surface area contributed by atoms with Gasteiger partial charge in [0.1, 0.15) is 11.5 Å². The molecule has 224 valence electrons. The highest BCUT2D eigenvalue weighted by molar-refractivity contribution is 6.30. The largest absolute Gasteiger partial charge is 0.464 e. The molecule has 14 nitrogen and oxygen atoms in total. The number of nitrogens with one attached hydrogen (secondary N) is 1. The normalized spacial score (nSPS) is 10.3. The lowest BCUT2D eigenvalue weighted by Crippen LogP contribution is -2.26. The van der Waals surface area contributed by atoms with Crippen LogP contribution >= 0.6 is 11.6 Å². The summed E-state index contributed by atoms with van der Waals surface area (Å²) in [4.78, 5) is 55.2. The van der Waals surface area contributed by atoms with E-state index in [0.29, 0.717) is 16.9 Å². The smallest absolute Gasteiger partial charge is 0.356 e. The molecule has 0 radical (unpaired) electrons. The lowest BCUT2D eigenvalue weighted by atomic mass is 10.2.